The monoisotopic (exact) mass is 266 g/mol. The van der Waals surface area contributed by atoms with Crippen molar-refractivity contribution in [2.24, 2.45) is 0 Å². The molecule has 0 saturated carbocycles. The molecule has 102 valence electrons. The highest BCUT2D eigenvalue weighted by Gasteiger charge is 2.27. The van der Waals surface area contributed by atoms with Crippen LogP contribution in [0.4, 0.5) is 10.1 Å². The van der Waals surface area contributed by atoms with Crippen LogP contribution in [0.5, 0.6) is 0 Å². The van der Waals surface area contributed by atoms with Crippen molar-refractivity contribution in [1.29, 1.82) is 0 Å². The molecule has 1 fully saturated rings. The van der Waals surface area contributed by atoms with Crippen LogP contribution in [0.3, 0.4) is 0 Å². The fourth-order valence-corrected chi connectivity index (χ4v) is 2.08. The molecule has 6 heteroatoms. The summed E-state index contributed by atoms with van der Waals surface area (Å²) in [4.78, 5) is 26.0. The Morgan fingerprint density at radius 3 is 2.37 bits per heavy atom. The van der Waals surface area contributed by atoms with Crippen LogP contribution < -0.4 is 4.90 Å². The lowest BCUT2D eigenvalue weighted by atomic mass is 10.2. The van der Waals surface area contributed by atoms with Gasteiger partial charge in [-0.3, -0.25) is 4.79 Å². The third kappa shape index (κ3) is 2.83. The van der Waals surface area contributed by atoms with E-state index in [0.717, 1.165) is 0 Å². The Balaban J connectivity index is 1.98. The molecule has 0 bridgehead atoms. The average molecular weight is 266 g/mol. The van der Waals surface area contributed by atoms with E-state index in [1.54, 1.807) is 18.2 Å². The highest BCUT2D eigenvalue weighted by molar-refractivity contribution is 6.32. The molecule has 1 saturated heterocycles. The quantitative estimate of drug-likeness (QED) is 0.553. The highest BCUT2D eigenvalue weighted by Crippen LogP contribution is 2.20. The lowest BCUT2D eigenvalue weighted by Gasteiger charge is -2.35. The molecule has 5 nitrogen and oxygen atoms in total. The minimum atomic E-state index is -0.862. The van der Waals surface area contributed by atoms with Crippen LogP contribution in [0.15, 0.2) is 24.3 Å². The number of methoxy groups -OCH3 is 1. The van der Waals surface area contributed by atoms with Crippen molar-refractivity contribution in [2.45, 2.75) is 0 Å². The van der Waals surface area contributed by atoms with Gasteiger partial charge in [0.25, 0.3) is 0 Å². The number of benzene rings is 1. The molecule has 0 aliphatic carbocycles. The zero-order valence-electron chi connectivity index (χ0n) is 10.6. The van der Waals surface area contributed by atoms with Gasteiger partial charge in [-0.1, -0.05) is 12.1 Å². The number of para-hydroxylation sites is 1. The van der Waals surface area contributed by atoms with Crippen molar-refractivity contribution in [3.8, 4) is 0 Å². The first-order valence-corrected chi connectivity index (χ1v) is 6.00. The van der Waals surface area contributed by atoms with Gasteiger partial charge in [0.2, 0.25) is 0 Å². The molecule has 0 atom stereocenters. The molecule has 1 aromatic rings. The smallest absolute Gasteiger partial charge is 0.396 e. The molecule has 0 aromatic heterocycles. The minimum Gasteiger partial charge on any atom is -0.462 e. The third-order valence-corrected chi connectivity index (χ3v) is 3.12. The van der Waals surface area contributed by atoms with Gasteiger partial charge in [0.05, 0.1) is 12.8 Å². The lowest BCUT2D eigenvalue weighted by Crippen LogP contribution is -2.51. The molecule has 1 aliphatic heterocycles. The molecule has 1 amide bonds. The molecule has 1 aromatic carbocycles. The fourth-order valence-electron chi connectivity index (χ4n) is 2.08. The largest absolute Gasteiger partial charge is 0.462 e. The van der Waals surface area contributed by atoms with E-state index >= 15 is 0 Å². The summed E-state index contributed by atoms with van der Waals surface area (Å²) in [5.41, 5.74) is 0.521. The summed E-state index contributed by atoms with van der Waals surface area (Å²) >= 11 is 0. The van der Waals surface area contributed by atoms with E-state index in [1.165, 1.54) is 18.1 Å². The van der Waals surface area contributed by atoms with Crippen LogP contribution in [0.25, 0.3) is 0 Å². The Kier molecular flexibility index (Phi) is 3.99. The number of esters is 1. The standard InChI is InChI=1S/C13H15FN2O3/c1-19-13(18)12(17)16-8-6-15(7-9-16)11-5-3-2-4-10(11)14/h2-5H,6-9H2,1H3. The first-order valence-electron chi connectivity index (χ1n) is 6.00. The van der Waals surface area contributed by atoms with Gasteiger partial charge >= 0.3 is 11.9 Å². The summed E-state index contributed by atoms with van der Waals surface area (Å²) < 4.78 is 18.0. The number of anilines is 1. The van der Waals surface area contributed by atoms with Gasteiger partial charge < -0.3 is 14.5 Å². The number of ether oxygens (including phenoxy) is 1. The molecule has 0 N–H and O–H groups in total. The second kappa shape index (κ2) is 5.69. The number of nitrogens with zero attached hydrogens (tertiary/aromatic N) is 2. The van der Waals surface area contributed by atoms with Crippen molar-refractivity contribution in [1.82, 2.24) is 4.90 Å². The third-order valence-electron chi connectivity index (χ3n) is 3.12. The van der Waals surface area contributed by atoms with E-state index in [2.05, 4.69) is 4.74 Å². The van der Waals surface area contributed by atoms with E-state index in [-0.39, 0.29) is 5.82 Å². The van der Waals surface area contributed by atoms with Gasteiger partial charge in [-0.05, 0) is 12.1 Å². The molecular weight excluding hydrogens is 251 g/mol. The number of hydrogen-bond donors (Lipinski definition) is 0. The van der Waals surface area contributed by atoms with E-state index < -0.39 is 11.9 Å². The number of rotatable bonds is 1. The van der Waals surface area contributed by atoms with Crippen LogP contribution in [0, 0.1) is 5.82 Å². The van der Waals surface area contributed by atoms with Gasteiger partial charge in [0.1, 0.15) is 5.82 Å². The number of piperazine rings is 1. The molecule has 0 spiro atoms. The summed E-state index contributed by atoms with van der Waals surface area (Å²) in [6, 6.07) is 6.51. The average Bonchev–Trinajstić information content (AvgIpc) is 2.46. The molecule has 2 rings (SSSR count). The fraction of sp³-hybridized carbons (Fsp3) is 0.385. The van der Waals surface area contributed by atoms with Crippen LogP contribution in [0.1, 0.15) is 0 Å². The number of carbonyl (C=O) groups excluding carboxylic acids is 2. The second-order valence-electron chi connectivity index (χ2n) is 4.22. The predicted octanol–water partition coefficient (Wildman–Crippen LogP) is 0.647. The maximum Gasteiger partial charge on any atom is 0.396 e. The summed E-state index contributed by atoms with van der Waals surface area (Å²) in [5, 5.41) is 0. The summed E-state index contributed by atoms with van der Waals surface area (Å²) in [7, 11) is 1.18. The van der Waals surface area contributed by atoms with E-state index in [9.17, 15) is 14.0 Å². The van der Waals surface area contributed by atoms with Gasteiger partial charge in [-0.15, -0.1) is 0 Å². The maximum absolute atomic E-state index is 13.6. The lowest BCUT2D eigenvalue weighted by molar-refractivity contribution is -0.158. The molecular formula is C13H15FN2O3. The molecule has 0 unspecified atom stereocenters. The van der Waals surface area contributed by atoms with Crippen molar-refractivity contribution in [3.05, 3.63) is 30.1 Å². The van der Waals surface area contributed by atoms with E-state index in [4.69, 9.17) is 0 Å². The van der Waals surface area contributed by atoms with Gasteiger partial charge in [0.15, 0.2) is 0 Å². The first-order chi connectivity index (χ1) is 9.13. The van der Waals surface area contributed by atoms with Crippen molar-refractivity contribution in [2.75, 3.05) is 38.2 Å². The van der Waals surface area contributed by atoms with Crippen LogP contribution in [-0.2, 0) is 14.3 Å². The second-order valence-corrected chi connectivity index (χ2v) is 4.22. The SMILES string of the molecule is COC(=O)C(=O)N1CCN(c2ccccc2F)CC1. The zero-order valence-corrected chi connectivity index (χ0v) is 10.6. The number of hydrogen-bond acceptors (Lipinski definition) is 4. The number of halogens is 1. The topological polar surface area (TPSA) is 49.9 Å². The van der Waals surface area contributed by atoms with Gasteiger partial charge in [-0.2, -0.15) is 0 Å². The van der Waals surface area contributed by atoms with Crippen LogP contribution in [-0.4, -0.2) is 50.1 Å². The van der Waals surface area contributed by atoms with E-state index in [0.29, 0.717) is 31.9 Å². The van der Waals surface area contributed by atoms with Gasteiger partial charge in [-0.25, -0.2) is 9.18 Å². The normalized spacial score (nSPS) is 15.3. The Labute approximate surface area is 110 Å². The van der Waals surface area contributed by atoms with Gasteiger partial charge in [0, 0.05) is 26.2 Å². The minimum absolute atomic E-state index is 0.282. The number of carbonyl (C=O) groups is 2. The first kappa shape index (κ1) is 13.3. The molecule has 19 heavy (non-hydrogen) atoms. The summed E-state index contributed by atoms with van der Waals surface area (Å²) in [6.45, 7) is 1.73. The summed E-state index contributed by atoms with van der Waals surface area (Å²) in [6.07, 6.45) is 0. The van der Waals surface area contributed by atoms with Crippen LogP contribution >= 0.6 is 0 Å². The summed E-state index contributed by atoms with van der Waals surface area (Å²) in [5.74, 6) is -1.79. The van der Waals surface area contributed by atoms with Crippen molar-refractivity contribution >= 4 is 17.6 Å². The Bertz CT molecular complexity index is 485. The van der Waals surface area contributed by atoms with Crippen LogP contribution in [0.2, 0.25) is 0 Å². The predicted molar refractivity (Wildman–Crippen MR) is 67.2 cm³/mol. The molecule has 1 aliphatic rings. The van der Waals surface area contributed by atoms with Crippen molar-refractivity contribution in [3.63, 3.8) is 0 Å². The van der Waals surface area contributed by atoms with Crippen molar-refractivity contribution < 1.29 is 18.7 Å². The zero-order chi connectivity index (χ0) is 13.8. The highest BCUT2D eigenvalue weighted by atomic mass is 19.1. The molecule has 1 heterocycles. The Hall–Kier alpha value is -2.11. The maximum atomic E-state index is 13.6. The Morgan fingerprint density at radius 1 is 1.16 bits per heavy atom. The number of amides is 1. The Morgan fingerprint density at radius 2 is 1.79 bits per heavy atom. The molecule has 0 radical (unpaired) electrons. The van der Waals surface area contributed by atoms with E-state index in [1.807, 2.05) is 4.90 Å².